The summed E-state index contributed by atoms with van der Waals surface area (Å²) in [6.45, 7) is 5.71. The first-order chi connectivity index (χ1) is 12.1. The predicted molar refractivity (Wildman–Crippen MR) is 98.1 cm³/mol. The summed E-state index contributed by atoms with van der Waals surface area (Å²) in [6, 6.07) is 4.21. The summed E-state index contributed by atoms with van der Waals surface area (Å²) >= 11 is 0. The number of benzene rings is 1. The first-order valence-corrected chi connectivity index (χ1v) is 9.54. The molecule has 0 unspecified atom stereocenters. The van der Waals surface area contributed by atoms with Gasteiger partial charge < -0.3 is 15.3 Å². The molecule has 0 aliphatic carbocycles. The summed E-state index contributed by atoms with van der Waals surface area (Å²) < 4.78 is 13.3. The van der Waals surface area contributed by atoms with Gasteiger partial charge >= 0.3 is 0 Å². The van der Waals surface area contributed by atoms with Gasteiger partial charge in [-0.3, -0.25) is 4.79 Å². The van der Waals surface area contributed by atoms with E-state index >= 15 is 0 Å². The third kappa shape index (κ3) is 7.43. The number of carbonyl (C=O) groups excluding carboxylic acids is 1. The summed E-state index contributed by atoms with van der Waals surface area (Å²) in [4.78, 5) is 14.3. The van der Waals surface area contributed by atoms with Crippen LogP contribution in [-0.2, 0) is 11.2 Å². The second-order valence-electron chi connectivity index (χ2n) is 7.14. The number of amides is 1. The molecule has 1 aromatic rings. The number of phenolic OH excluding ortho intramolecular Hbond substituents is 1. The first kappa shape index (κ1) is 19.7. The zero-order valence-corrected chi connectivity index (χ0v) is 15.3. The summed E-state index contributed by atoms with van der Waals surface area (Å²) in [5, 5.41) is 12.5. The van der Waals surface area contributed by atoms with E-state index in [0.29, 0.717) is 18.8 Å². The lowest BCUT2D eigenvalue weighted by molar-refractivity contribution is -0.121. The Hall–Kier alpha value is -1.62. The molecule has 1 aliphatic rings. The molecular weight excluding hydrogens is 319 g/mol. The molecule has 1 heterocycles. The van der Waals surface area contributed by atoms with Crippen LogP contribution < -0.4 is 5.32 Å². The number of carbonyl (C=O) groups is 1. The molecule has 0 bridgehead atoms. The van der Waals surface area contributed by atoms with Gasteiger partial charge in [-0.2, -0.15) is 0 Å². The van der Waals surface area contributed by atoms with Gasteiger partial charge in [-0.25, -0.2) is 4.39 Å². The van der Waals surface area contributed by atoms with Crippen molar-refractivity contribution in [1.29, 1.82) is 0 Å². The summed E-state index contributed by atoms with van der Waals surface area (Å²) in [5.74, 6) is 0.157. The SMILES string of the molecule is CCCCCCNC(=O)C[C@@H]1CCN(CCc2cc(O)cc(F)c2)C1. The number of phenols is 1. The molecule has 5 heteroatoms. The molecule has 0 aromatic heterocycles. The monoisotopic (exact) mass is 350 g/mol. The Bertz CT molecular complexity index is 530. The second-order valence-corrected chi connectivity index (χ2v) is 7.14. The maximum absolute atomic E-state index is 13.3. The van der Waals surface area contributed by atoms with Crippen LogP contribution in [0, 0.1) is 11.7 Å². The molecule has 1 aromatic carbocycles. The Morgan fingerprint density at radius 1 is 1.32 bits per heavy atom. The van der Waals surface area contributed by atoms with E-state index in [4.69, 9.17) is 0 Å². The number of likely N-dealkylation sites (tertiary alicyclic amines) is 1. The lowest BCUT2D eigenvalue weighted by atomic mass is 10.0. The Labute approximate surface area is 150 Å². The zero-order chi connectivity index (χ0) is 18.1. The van der Waals surface area contributed by atoms with Gasteiger partial charge in [-0.15, -0.1) is 0 Å². The highest BCUT2D eigenvalue weighted by Crippen LogP contribution is 2.21. The number of aromatic hydroxyl groups is 1. The molecule has 1 fully saturated rings. The van der Waals surface area contributed by atoms with Crippen LogP contribution in [0.5, 0.6) is 5.75 Å². The maximum Gasteiger partial charge on any atom is 0.220 e. The number of halogens is 1. The molecule has 0 saturated carbocycles. The largest absolute Gasteiger partial charge is 0.508 e. The highest BCUT2D eigenvalue weighted by Gasteiger charge is 2.24. The number of unbranched alkanes of at least 4 members (excludes halogenated alkanes) is 3. The number of nitrogens with zero attached hydrogens (tertiary/aromatic N) is 1. The van der Waals surface area contributed by atoms with Gasteiger partial charge in [0.15, 0.2) is 0 Å². The minimum absolute atomic E-state index is 0.0232. The normalized spacial score (nSPS) is 17.8. The van der Waals surface area contributed by atoms with Crippen molar-refractivity contribution < 1.29 is 14.3 Å². The van der Waals surface area contributed by atoms with Crippen LogP contribution >= 0.6 is 0 Å². The van der Waals surface area contributed by atoms with Crippen molar-refractivity contribution in [3.8, 4) is 5.75 Å². The highest BCUT2D eigenvalue weighted by atomic mass is 19.1. The van der Waals surface area contributed by atoms with E-state index in [1.807, 2.05) is 0 Å². The van der Waals surface area contributed by atoms with E-state index < -0.39 is 5.82 Å². The molecule has 0 spiro atoms. The Kier molecular flexibility index (Phi) is 8.19. The fourth-order valence-corrected chi connectivity index (χ4v) is 3.46. The summed E-state index contributed by atoms with van der Waals surface area (Å²) in [6.07, 6.45) is 7.04. The van der Waals surface area contributed by atoms with E-state index in [1.54, 1.807) is 6.07 Å². The van der Waals surface area contributed by atoms with E-state index in [2.05, 4.69) is 17.1 Å². The Morgan fingerprint density at radius 2 is 2.16 bits per heavy atom. The Morgan fingerprint density at radius 3 is 2.92 bits per heavy atom. The maximum atomic E-state index is 13.3. The quantitative estimate of drug-likeness (QED) is 0.635. The first-order valence-electron chi connectivity index (χ1n) is 9.54. The fourth-order valence-electron chi connectivity index (χ4n) is 3.46. The molecule has 4 nitrogen and oxygen atoms in total. The highest BCUT2D eigenvalue weighted by molar-refractivity contribution is 5.76. The standard InChI is InChI=1S/C20H31FN2O2/c1-2-3-4-5-8-22-20(25)13-17-7-10-23(15-17)9-6-16-11-18(21)14-19(24)12-16/h11-12,14,17,24H,2-10,13,15H2,1H3,(H,22,25)/t17-/m0/s1. The van der Waals surface area contributed by atoms with Gasteiger partial charge in [0.2, 0.25) is 5.91 Å². The van der Waals surface area contributed by atoms with Crippen LogP contribution in [-0.4, -0.2) is 42.1 Å². The molecule has 140 valence electrons. The molecule has 2 N–H and O–H groups in total. The van der Waals surface area contributed by atoms with Crippen molar-refractivity contribution in [3.05, 3.63) is 29.6 Å². The average Bonchev–Trinajstić information content (AvgIpc) is 2.99. The van der Waals surface area contributed by atoms with Crippen LogP contribution in [0.25, 0.3) is 0 Å². The third-order valence-corrected chi connectivity index (χ3v) is 4.86. The van der Waals surface area contributed by atoms with E-state index in [1.165, 1.54) is 25.3 Å². The Balaban J connectivity index is 1.63. The van der Waals surface area contributed by atoms with Gasteiger partial charge in [-0.05, 0) is 49.4 Å². The van der Waals surface area contributed by atoms with E-state index in [0.717, 1.165) is 50.7 Å². The van der Waals surface area contributed by atoms with Crippen LogP contribution in [0.3, 0.4) is 0 Å². The minimum atomic E-state index is -0.398. The number of rotatable bonds is 10. The van der Waals surface area contributed by atoms with Crippen LogP contribution in [0.1, 0.15) is 51.0 Å². The molecular formula is C20H31FN2O2. The van der Waals surface area contributed by atoms with Gasteiger partial charge in [0.1, 0.15) is 11.6 Å². The third-order valence-electron chi connectivity index (χ3n) is 4.86. The molecule has 1 aliphatic heterocycles. The minimum Gasteiger partial charge on any atom is -0.508 e. The molecule has 0 radical (unpaired) electrons. The lowest BCUT2D eigenvalue weighted by Gasteiger charge is -2.16. The zero-order valence-electron chi connectivity index (χ0n) is 15.3. The molecule has 1 amide bonds. The topological polar surface area (TPSA) is 52.6 Å². The van der Waals surface area contributed by atoms with E-state index in [9.17, 15) is 14.3 Å². The second kappa shape index (κ2) is 10.4. The van der Waals surface area contributed by atoms with Crippen molar-refractivity contribution in [1.82, 2.24) is 10.2 Å². The fraction of sp³-hybridized carbons (Fsp3) is 0.650. The number of hydrogen-bond acceptors (Lipinski definition) is 3. The van der Waals surface area contributed by atoms with Gasteiger partial charge in [0.25, 0.3) is 0 Å². The van der Waals surface area contributed by atoms with Gasteiger partial charge in [0, 0.05) is 32.1 Å². The lowest BCUT2D eigenvalue weighted by Crippen LogP contribution is -2.28. The van der Waals surface area contributed by atoms with Crippen LogP contribution in [0.4, 0.5) is 4.39 Å². The molecule has 1 saturated heterocycles. The van der Waals surface area contributed by atoms with Crippen molar-refractivity contribution >= 4 is 5.91 Å². The molecule has 1 atom stereocenters. The van der Waals surface area contributed by atoms with Crippen LogP contribution in [0.15, 0.2) is 18.2 Å². The average molecular weight is 350 g/mol. The molecule has 2 rings (SSSR count). The van der Waals surface area contributed by atoms with E-state index in [-0.39, 0.29) is 11.7 Å². The number of nitrogens with one attached hydrogen (secondary N) is 1. The van der Waals surface area contributed by atoms with Gasteiger partial charge in [-0.1, -0.05) is 26.2 Å². The van der Waals surface area contributed by atoms with Gasteiger partial charge in [0.05, 0.1) is 0 Å². The van der Waals surface area contributed by atoms with Crippen molar-refractivity contribution in [2.45, 2.75) is 51.9 Å². The van der Waals surface area contributed by atoms with Crippen molar-refractivity contribution in [2.24, 2.45) is 5.92 Å². The molecule has 25 heavy (non-hydrogen) atoms. The van der Waals surface area contributed by atoms with Crippen molar-refractivity contribution in [2.75, 3.05) is 26.2 Å². The summed E-state index contributed by atoms with van der Waals surface area (Å²) in [7, 11) is 0. The predicted octanol–water partition coefficient (Wildman–Crippen LogP) is 3.48. The van der Waals surface area contributed by atoms with Crippen LogP contribution in [0.2, 0.25) is 0 Å². The van der Waals surface area contributed by atoms with Crippen molar-refractivity contribution in [3.63, 3.8) is 0 Å². The summed E-state index contributed by atoms with van der Waals surface area (Å²) in [5.41, 5.74) is 0.811. The number of hydrogen-bond donors (Lipinski definition) is 2. The smallest absolute Gasteiger partial charge is 0.220 e.